The van der Waals surface area contributed by atoms with Crippen LogP contribution >= 0.6 is 0 Å². The van der Waals surface area contributed by atoms with Gasteiger partial charge < -0.3 is 1.43 Å². The number of hydrogen-bond acceptors (Lipinski definition) is 3. The Labute approximate surface area is 155 Å². The second-order valence-corrected chi connectivity index (χ2v) is 6.79. The molecule has 0 spiro atoms. The summed E-state index contributed by atoms with van der Waals surface area (Å²) in [5.74, 6) is 0. The molecule has 0 aromatic heterocycles. The van der Waals surface area contributed by atoms with Crippen LogP contribution in [0.3, 0.4) is 0 Å². The normalized spacial score (nSPS) is 12.9. The maximum atomic E-state index is 11.6. The minimum atomic E-state index is -3.56. The van der Waals surface area contributed by atoms with E-state index in [1.54, 1.807) is 0 Å². The van der Waals surface area contributed by atoms with E-state index in [2.05, 4.69) is 11.6 Å². The Morgan fingerprint density at radius 2 is 1.52 bits per heavy atom. The van der Waals surface area contributed by atoms with Gasteiger partial charge in [-0.1, -0.05) is 65.7 Å². The molecular weight excluding hydrogens is 297 g/mol. The monoisotopic (exact) mass is 331 g/mol. The van der Waals surface area contributed by atoms with Crippen molar-refractivity contribution in [3.63, 3.8) is 0 Å². The topological polar surface area (TPSA) is 55.4 Å². The summed E-state index contributed by atoms with van der Waals surface area (Å²) in [5.41, 5.74) is 0. The van der Waals surface area contributed by atoms with Gasteiger partial charge in [0, 0.05) is 6.04 Å². The third kappa shape index (κ3) is 15.5. The van der Waals surface area contributed by atoms with Crippen molar-refractivity contribution in [2.24, 2.45) is 0 Å². The Kier molecular flexibility index (Phi) is 18.1. The molecule has 0 rings (SSSR count). The van der Waals surface area contributed by atoms with Gasteiger partial charge in [0.15, 0.2) is 0 Å². The Balaban J connectivity index is -0.00000180. The summed E-state index contributed by atoms with van der Waals surface area (Å²) in [5, 5.41) is 0. The first kappa shape index (κ1) is 24.1. The molecule has 6 heteroatoms. The van der Waals surface area contributed by atoms with Crippen molar-refractivity contribution in [2.75, 3.05) is 6.61 Å². The van der Waals surface area contributed by atoms with Crippen LogP contribution in [0.1, 0.15) is 86.4 Å². The van der Waals surface area contributed by atoms with Crippen LogP contribution in [-0.4, -0.2) is 21.1 Å². The van der Waals surface area contributed by atoms with Gasteiger partial charge in [-0.05, 0) is 19.3 Å². The molecule has 0 saturated heterocycles. The number of hydrogen-bond donors (Lipinski definition) is 1. The van der Waals surface area contributed by atoms with Crippen molar-refractivity contribution >= 4 is 10.3 Å². The molecule has 0 aromatic carbocycles. The summed E-state index contributed by atoms with van der Waals surface area (Å²) < 4.78 is 30.7. The molecule has 1 atom stereocenters. The fraction of sp³-hybridized carbons (Fsp3) is 1.00. The summed E-state index contributed by atoms with van der Waals surface area (Å²) in [6, 6.07) is 0.00694. The molecule has 124 valence electrons. The Morgan fingerprint density at radius 1 is 0.952 bits per heavy atom. The van der Waals surface area contributed by atoms with Crippen molar-refractivity contribution in [1.29, 1.82) is 0 Å². The van der Waals surface area contributed by atoms with E-state index in [9.17, 15) is 8.42 Å². The second kappa shape index (κ2) is 15.8. The molecule has 1 N–H and O–H groups in total. The zero-order valence-corrected chi connectivity index (χ0v) is 17.3. The minimum Gasteiger partial charge on any atom is -1.00 e. The van der Waals surface area contributed by atoms with Crippen LogP contribution in [0.15, 0.2) is 0 Å². The van der Waals surface area contributed by atoms with Gasteiger partial charge >= 0.3 is 39.9 Å². The molecule has 0 aliphatic rings. The molecule has 21 heavy (non-hydrogen) atoms. The van der Waals surface area contributed by atoms with E-state index in [-0.39, 0.29) is 43.6 Å². The summed E-state index contributed by atoms with van der Waals surface area (Å²) in [6.45, 7) is 6.38. The van der Waals surface area contributed by atoms with Crippen LogP contribution < -0.4 is 34.3 Å². The SMILES string of the molecule is CCCCCCCCCC(CC)NS(=O)(=O)OCCC.[H-].[Na+]. The summed E-state index contributed by atoms with van der Waals surface area (Å²) in [6.07, 6.45) is 11.2. The summed E-state index contributed by atoms with van der Waals surface area (Å²) >= 11 is 0. The molecule has 0 radical (unpaired) electrons. The van der Waals surface area contributed by atoms with Crippen molar-refractivity contribution in [3.8, 4) is 0 Å². The smallest absolute Gasteiger partial charge is 1.00 e. The van der Waals surface area contributed by atoms with E-state index in [0.29, 0.717) is 6.42 Å². The van der Waals surface area contributed by atoms with Gasteiger partial charge in [0.25, 0.3) is 0 Å². The van der Waals surface area contributed by atoms with Crippen LogP contribution in [0.4, 0.5) is 0 Å². The third-order valence-electron chi connectivity index (χ3n) is 3.40. The maximum Gasteiger partial charge on any atom is 1.00 e. The van der Waals surface area contributed by atoms with Gasteiger partial charge in [-0.3, -0.25) is 4.18 Å². The van der Waals surface area contributed by atoms with Crippen LogP contribution in [0.2, 0.25) is 0 Å². The van der Waals surface area contributed by atoms with Gasteiger partial charge in [-0.2, -0.15) is 13.1 Å². The van der Waals surface area contributed by atoms with E-state index in [1.807, 2.05) is 13.8 Å². The van der Waals surface area contributed by atoms with Crippen molar-refractivity contribution in [3.05, 3.63) is 0 Å². The molecule has 0 heterocycles. The number of rotatable bonds is 14. The average molecular weight is 331 g/mol. The van der Waals surface area contributed by atoms with Gasteiger partial charge in [-0.25, -0.2) is 0 Å². The minimum absolute atomic E-state index is 0. The molecule has 0 fully saturated rings. The molecule has 0 aliphatic carbocycles. The van der Waals surface area contributed by atoms with Crippen molar-refractivity contribution < 1.29 is 43.6 Å². The second-order valence-electron chi connectivity index (χ2n) is 5.41. The number of unbranched alkanes of at least 4 members (excludes halogenated alkanes) is 6. The van der Waals surface area contributed by atoms with Crippen molar-refractivity contribution in [2.45, 2.75) is 91.0 Å². The average Bonchev–Trinajstić information content (AvgIpc) is 2.42. The van der Waals surface area contributed by atoms with E-state index >= 15 is 0 Å². The predicted molar refractivity (Wildman–Crippen MR) is 86.1 cm³/mol. The quantitative estimate of drug-likeness (QED) is 0.385. The first-order valence-corrected chi connectivity index (χ1v) is 9.63. The number of nitrogens with one attached hydrogen (secondary N) is 1. The summed E-state index contributed by atoms with van der Waals surface area (Å²) in [4.78, 5) is 0. The standard InChI is InChI=1S/C15H33NO3S.Na.H/c1-4-7-8-9-10-11-12-13-15(6-3)16-20(17,18)19-14-5-2;;/h15-16H,4-14H2,1-3H3;;/q;+1;-1. The molecule has 0 aliphatic heterocycles. The van der Waals surface area contributed by atoms with E-state index < -0.39 is 10.3 Å². The van der Waals surface area contributed by atoms with E-state index in [0.717, 1.165) is 19.3 Å². The molecule has 0 aromatic rings. The van der Waals surface area contributed by atoms with Crippen LogP contribution in [0, 0.1) is 0 Å². The largest absolute Gasteiger partial charge is 1.00 e. The predicted octanol–water partition coefficient (Wildman–Crippen LogP) is 1.28. The van der Waals surface area contributed by atoms with E-state index in [1.165, 1.54) is 38.5 Å². The Hall–Kier alpha value is 0.870. The molecular formula is C15H34NNaO3S. The molecule has 0 saturated carbocycles. The zero-order valence-electron chi connectivity index (χ0n) is 15.5. The van der Waals surface area contributed by atoms with Gasteiger partial charge in [0.1, 0.15) is 0 Å². The molecule has 0 amide bonds. The Morgan fingerprint density at radius 3 is 2.05 bits per heavy atom. The van der Waals surface area contributed by atoms with Crippen molar-refractivity contribution in [1.82, 2.24) is 4.72 Å². The summed E-state index contributed by atoms with van der Waals surface area (Å²) in [7, 11) is -3.56. The van der Waals surface area contributed by atoms with Gasteiger partial charge in [-0.15, -0.1) is 0 Å². The van der Waals surface area contributed by atoms with Gasteiger partial charge in [0.05, 0.1) is 6.61 Å². The zero-order chi connectivity index (χ0) is 15.3. The van der Waals surface area contributed by atoms with Gasteiger partial charge in [0.2, 0.25) is 0 Å². The molecule has 1 unspecified atom stereocenters. The third-order valence-corrected chi connectivity index (χ3v) is 4.50. The maximum absolute atomic E-state index is 11.6. The van der Waals surface area contributed by atoms with E-state index in [4.69, 9.17) is 4.18 Å². The fourth-order valence-electron chi connectivity index (χ4n) is 2.13. The Bertz CT molecular complexity index is 316. The van der Waals surface area contributed by atoms with Crippen LogP contribution in [-0.2, 0) is 14.5 Å². The first-order valence-electron chi connectivity index (χ1n) is 8.22. The fourth-order valence-corrected chi connectivity index (χ4v) is 3.27. The molecule has 0 bridgehead atoms. The van der Waals surface area contributed by atoms with Crippen LogP contribution in [0.5, 0.6) is 0 Å². The molecule has 4 nitrogen and oxygen atoms in total. The van der Waals surface area contributed by atoms with Crippen LogP contribution in [0.25, 0.3) is 0 Å². The first-order chi connectivity index (χ1) is 9.55.